The summed E-state index contributed by atoms with van der Waals surface area (Å²) >= 11 is 5.88. The van der Waals surface area contributed by atoms with Gasteiger partial charge in [0.15, 0.2) is 0 Å². The summed E-state index contributed by atoms with van der Waals surface area (Å²) < 4.78 is 27.5. The van der Waals surface area contributed by atoms with Gasteiger partial charge in [0.2, 0.25) is 15.9 Å². The summed E-state index contributed by atoms with van der Waals surface area (Å²) in [5, 5.41) is 0.476. The molecule has 2 aliphatic rings. The molecular weight excluding hydrogens is 412 g/mol. The highest BCUT2D eigenvalue weighted by molar-refractivity contribution is 7.89. The van der Waals surface area contributed by atoms with Gasteiger partial charge in [0, 0.05) is 43.9 Å². The molecule has 9 heteroatoms. The number of halogens is 1. The second kappa shape index (κ2) is 8.30. The Morgan fingerprint density at radius 1 is 1.00 bits per heavy atom. The van der Waals surface area contributed by atoms with Crippen LogP contribution in [-0.4, -0.2) is 67.3 Å². The molecule has 0 unspecified atom stereocenters. The number of nitrogens with zero attached hydrogens (tertiary/aromatic N) is 4. The lowest BCUT2D eigenvalue weighted by molar-refractivity contribution is -0.134. The summed E-state index contributed by atoms with van der Waals surface area (Å²) in [6.45, 7) is 2.83. The van der Waals surface area contributed by atoms with Crippen molar-refractivity contribution in [3.63, 3.8) is 0 Å². The number of benzene rings is 1. The molecule has 0 saturated carbocycles. The zero-order valence-corrected chi connectivity index (χ0v) is 17.5. The first-order chi connectivity index (χ1) is 14.0. The second-order valence-corrected chi connectivity index (χ2v) is 9.55. The van der Waals surface area contributed by atoms with Crippen molar-refractivity contribution < 1.29 is 13.2 Å². The third kappa shape index (κ3) is 4.10. The van der Waals surface area contributed by atoms with Crippen LogP contribution in [0.3, 0.4) is 0 Å². The predicted molar refractivity (Wildman–Crippen MR) is 111 cm³/mol. The Morgan fingerprint density at radius 3 is 2.38 bits per heavy atom. The molecule has 7 nitrogen and oxygen atoms in total. The zero-order chi connectivity index (χ0) is 20.4. The zero-order valence-electron chi connectivity index (χ0n) is 15.9. The minimum atomic E-state index is -3.74. The number of hydrogen-bond donors (Lipinski definition) is 0. The van der Waals surface area contributed by atoms with E-state index in [9.17, 15) is 13.2 Å². The molecule has 0 radical (unpaired) electrons. The Hall–Kier alpha value is -2.16. The van der Waals surface area contributed by atoms with Gasteiger partial charge in [0.05, 0.1) is 4.90 Å². The SMILES string of the molecule is O=C([C@@H]1CCCN1S(=O)(=O)c1ccc(Cl)cc1)N1CCN(c2ccccn2)CC1. The first-order valence-corrected chi connectivity index (χ1v) is 11.5. The van der Waals surface area contributed by atoms with E-state index in [2.05, 4.69) is 9.88 Å². The van der Waals surface area contributed by atoms with Crippen LogP contribution < -0.4 is 4.90 Å². The van der Waals surface area contributed by atoms with Crippen LogP contribution in [0.4, 0.5) is 5.82 Å². The average Bonchev–Trinajstić information content (AvgIpc) is 3.25. The molecule has 4 rings (SSSR count). The summed E-state index contributed by atoms with van der Waals surface area (Å²) in [5.74, 6) is 0.785. The summed E-state index contributed by atoms with van der Waals surface area (Å²) in [4.78, 5) is 21.6. The van der Waals surface area contributed by atoms with Crippen molar-refractivity contribution in [2.45, 2.75) is 23.8 Å². The minimum Gasteiger partial charge on any atom is -0.353 e. The van der Waals surface area contributed by atoms with E-state index in [1.54, 1.807) is 23.2 Å². The van der Waals surface area contributed by atoms with Gasteiger partial charge in [-0.15, -0.1) is 0 Å². The molecule has 3 heterocycles. The molecule has 29 heavy (non-hydrogen) atoms. The van der Waals surface area contributed by atoms with E-state index in [4.69, 9.17) is 11.6 Å². The van der Waals surface area contributed by atoms with Crippen molar-refractivity contribution >= 4 is 33.3 Å². The summed E-state index contributed by atoms with van der Waals surface area (Å²) in [6.07, 6.45) is 2.98. The van der Waals surface area contributed by atoms with Crippen LogP contribution in [0.2, 0.25) is 5.02 Å². The van der Waals surface area contributed by atoms with Gasteiger partial charge < -0.3 is 9.80 Å². The molecule has 0 aliphatic carbocycles. The average molecular weight is 435 g/mol. The summed E-state index contributed by atoms with van der Waals surface area (Å²) in [5.41, 5.74) is 0. The van der Waals surface area contributed by atoms with E-state index in [0.29, 0.717) is 50.6 Å². The largest absolute Gasteiger partial charge is 0.353 e. The maximum atomic E-state index is 13.2. The summed E-state index contributed by atoms with van der Waals surface area (Å²) in [6, 6.07) is 11.2. The molecule has 0 N–H and O–H groups in total. The van der Waals surface area contributed by atoms with Gasteiger partial charge in [-0.3, -0.25) is 4.79 Å². The Bertz CT molecular complexity index is 961. The van der Waals surface area contributed by atoms with Crippen molar-refractivity contribution in [2.75, 3.05) is 37.6 Å². The molecule has 0 bridgehead atoms. The quantitative estimate of drug-likeness (QED) is 0.737. The van der Waals surface area contributed by atoms with Crippen molar-refractivity contribution in [3.05, 3.63) is 53.7 Å². The first kappa shape index (κ1) is 20.1. The maximum Gasteiger partial charge on any atom is 0.243 e. The second-order valence-electron chi connectivity index (χ2n) is 7.23. The van der Waals surface area contributed by atoms with Crippen molar-refractivity contribution in [1.29, 1.82) is 0 Å². The number of carbonyl (C=O) groups is 1. The standard InChI is InChI=1S/C20H23ClN4O3S/c21-16-6-8-17(9-7-16)29(27,28)25-11-3-4-18(25)20(26)24-14-12-23(13-15-24)19-5-1-2-10-22-19/h1-2,5-10,18H,3-4,11-15H2/t18-/m0/s1. The van der Waals surface area contributed by atoms with E-state index >= 15 is 0 Å². The third-order valence-electron chi connectivity index (χ3n) is 5.47. The fraction of sp³-hybridized carbons (Fsp3) is 0.400. The Morgan fingerprint density at radius 2 is 1.72 bits per heavy atom. The molecule has 2 fully saturated rings. The van der Waals surface area contributed by atoms with Crippen LogP contribution in [0.1, 0.15) is 12.8 Å². The lowest BCUT2D eigenvalue weighted by Gasteiger charge is -2.37. The fourth-order valence-corrected chi connectivity index (χ4v) is 5.70. The molecule has 1 atom stereocenters. The lowest BCUT2D eigenvalue weighted by Crippen LogP contribution is -2.54. The van der Waals surface area contributed by atoms with Gasteiger partial charge >= 0.3 is 0 Å². The van der Waals surface area contributed by atoms with Crippen LogP contribution in [0.25, 0.3) is 0 Å². The predicted octanol–water partition coefficient (Wildman–Crippen LogP) is 2.24. The van der Waals surface area contributed by atoms with Gasteiger partial charge in [-0.25, -0.2) is 13.4 Å². The van der Waals surface area contributed by atoms with Crippen LogP contribution in [0.15, 0.2) is 53.6 Å². The van der Waals surface area contributed by atoms with Gasteiger partial charge in [0.1, 0.15) is 11.9 Å². The van der Waals surface area contributed by atoms with Crippen LogP contribution in [0.5, 0.6) is 0 Å². The highest BCUT2D eigenvalue weighted by Crippen LogP contribution is 2.28. The molecule has 2 saturated heterocycles. The number of amides is 1. The number of pyridine rings is 1. The minimum absolute atomic E-state index is 0.110. The molecule has 2 aromatic rings. The molecule has 1 amide bonds. The number of carbonyl (C=O) groups excluding carboxylic acids is 1. The van der Waals surface area contributed by atoms with Gasteiger partial charge in [-0.2, -0.15) is 4.31 Å². The number of anilines is 1. The molecule has 1 aromatic carbocycles. The highest BCUT2D eigenvalue weighted by atomic mass is 35.5. The monoisotopic (exact) mass is 434 g/mol. The normalized spacial score (nSPS) is 20.8. The number of rotatable bonds is 4. The Balaban J connectivity index is 1.45. The van der Waals surface area contributed by atoms with Crippen LogP contribution in [-0.2, 0) is 14.8 Å². The van der Waals surface area contributed by atoms with Crippen molar-refractivity contribution in [2.24, 2.45) is 0 Å². The molecular formula is C20H23ClN4O3S. The summed E-state index contributed by atoms with van der Waals surface area (Å²) in [7, 11) is -3.74. The molecule has 0 spiro atoms. The number of hydrogen-bond acceptors (Lipinski definition) is 5. The van der Waals surface area contributed by atoms with Gasteiger partial charge in [0.25, 0.3) is 0 Å². The van der Waals surface area contributed by atoms with Gasteiger partial charge in [-0.05, 0) is 49.2 Å². The fourth-order valence-electron chi connectivity index (χ4n) is 3.92. The highest BCUT2D eigenvalue weighted by Gasteiger charge is 2.41. The lowest BCUT2D eigenvalue weighted by atomic mass is 10.2. The number of sulfonamides is 1. The van der Waals surface area contributed by atoms with Crippen molar-refractivity contribution in [3.8, 4) is 0 Å². The molecule has 154 valence electrons. The van der Waals surface area contributed by atoms with Crippen LogP contribution in [0, 0.1) is 0 Å². The molecule has 2 aliphatic heterocycles. The first-order valence-electron chi connectivity index (χ1n) is 9.69. The van der Waals surface area contributed by atoms with E-state index in [1.165, 1.54) is 16.4 Å². The number of piperazine rings is 1. The Kier molecular flexibility index (Phi) is 5.76. The van der Waals surface area contributed by atoms with E-state index in [1.807, 2.05) is 18.2 Å². The maximum absolute atomic E-state index is 13.2. The molecule has 1 aromatic heterocycles. The third-order valence-corrected chi connectivity index (χ3v) is 7.65. The smallest absolute Gasteiger partial charge is 0.243 e. The topological polar surface area (TPSA) is 73.8 Å². The van der Waals surface area contributed by atoms with Crippen LogP contribution >= 0.6 is 11.6 Å². The van der Waals surface area contributed by atoms with Gasteiger partial charge in [-0.1, -0.05) is 17.7 Å². The van der Waals surface area contributed by atoms with E-state index < -0.39 is 16.1 Å². The van der Waals surface area contributed by atoms with E-state index in [-0.39, 0.29) is 10.8 Å². The van der Waals surface area contributed by atoms with E-state index in [0.717, 1.165) is 5.82 Å². The number of aromatic nitrogens is 1. The Labute approximate surface area is 175 Å². The van der Waals surface area contributed by atoms with Crippen molar-refractivity contribution in [1.82, 2.24) is 14.2 Å².